The van der Waals surface area contributed by atoms with Gasteiger partial charge in [0.25, 0.3) is 5.91 Å². The fraction of sp³-hybridized carbons (Fsp3) is 0.0476. The van der Waals surface area contributed by atoms with Crippen molar-refractivity contribution < 1.29 is 14.3 Å². The highest BCUT2D eigenvalue weighted by Gasteiger charge is 2.25. The predicted octanol–water partition coefficient (Wildman–Crippen LogP) is 6.07. The van der Waals surface area contributed by atoms with Gasteiger partial charge in [0.2, 0.25) is 0 Å². The molecular weight excluding hydrogens is 431 g/mol. The largest absolute Gasteiger partial charge is 0.508 e. The molecular formula is C21H14Cl2N2O3S. The first-order chi connectivity index (χ1) is 13.9. The Balaban J connectivity index is 1.53. The summed E-state index contributed by atoms with van der Waals surface area (Å²) in [7, 11) is 1.81. The number of carbonyl (C=O) groups is 1. The molecule has 0 bridgehead atoms. The quantitative estimate of drug-likeness (QED) is 0.496. The molecule has 1 amide bonds. The number of benzene rings is 2. The van der Waals surface area contributed by atoms with Crippen molar-refractivity contribution in [2.24, 2.45) is 4.99 Å². The van der Waals surface area contributed by atoms with E-state index in [1.165, 1.54) is 11.8 Å². The molecule has 1 aliphatic rings. The molecule has 2 heterocycles. The topological polar surface area (TPSA) is 66.0 Å². The first-order valence-electron chi connectivity index (χ1n) is 8.51. The maximum absolute atomic E-state index is 12.3. The second-order valence-electron chi connectivity index (χ2n) is 6.25. The molecule has 4 rings (SSSR count). The van der Waals surface area contributed by atoms with Crippen LogP contribution < -0.4 is 4.90 Å². The lowest BCUT2D eigenvalue weighted by Crippen LogP contribution is -2.21. The van der Waals surface area contributed by atoms with Gasteiger partial charge in [-0.25, -0.2) is 0 Å². The average Bonchev–Trinajstić information content (AvgIpc) is 3.28. The van der Waals surface area contributed by atoms with Crippen molar-refractivity contribution in [3.8, 4) is 17.1 Å². The number of phenols is 1. The van der Waals surface area contributed by atoms with Gasteiger partial charge in [-0.15, -0.1) is 0 Å². The van der Waals surface area contributed by atoms with Gasteiger partial charge in [0.1, 0.15) is 17.3 Å². The van der Waals surface area contributed by atoms with Crippen molar-refractivity contribution >= 4 is 57.8 Å². The summed E-state index contributed by atoms with van der Waals surface area (Å²) in [4.78, 5) is 18.7. The minimum absolute atomic E-state index is 0.175. The van der Waals surface area contributed by atoms with Crippen LogP contribution in [0.1, 0.15) is 5.76 Å². The van der Waals surface area contributed by atoms with Gasteiger partial charge in [0.05, 0.1) is 4.91 Å². The van der Waals surface area contributed by atoms with E-state index in [2.05, 4.69) is 4.99 Å². The Morgan fingerprint density at radius 1 is 1.07 bits per heavy atom. The normalized spacial score (nSPS) is 15.1. The maximum Gasteiger partial charge on any atom is 0.286 e. The number of thioether (sulfide) groups is 1. The summed E-state index contributed by atoms with van der Waals surface area (Å²) >= 11 is 13.4. The Kier molecular flexibility index (Phi) is 5.41. The number of halogens is 2. The van der Waals surface area contributed by atoms with Crippen molar-refractivity contribution in [2.45, 2.75) is 0 Å². The molecule has 0 aliphatic carbocycles. The van der Waals surface area contributed by atoms with E-state index >= 15 is 0 Å². The minimum atomic E-state index is -0.334. The molecule has 0 saturated heterocycles. The van der Waals surface area contributed by atoms with Gasteiger partial charge in [-0.3, -0.25) is 4.79 Å². The lowest BCUT2D eigenvalue weighted by Gasteiger charge is -2.17. The zero-order valence-electron chi connectivity index (χ0n) is 15.1. The van der Waals surface area contributed by atoms with Crippen LogP contribution in [-0.2, 0) is 4.79 Å². The number of carbonyl (C=O) groups excluding carboxylic acids is 1. The molecule has 0 saturated carbocycles. The van der Waals surface area contributed by atoms with Gasteiger partial charge in [-0.05, 0) is 66.4 Å². The summed E-state index contributed by atoms with van der Waals surface area (Å²) in [6.45, 7) is 0. The lowest BCUT2D eigenvalue weighted by molar-refractivity contribution is -0.113. The molecule has 1 aliphatic heterocycles. The van der Waals surface area contributed by atoms with Crippen LogP contribution in [0.2, 0.25) is 10.0 Å². The molecule has 1 aromatic heterocycles. The minimum Gasteiger partial charge on any atom is -0.508 e. The highest BCUT2D eigenvalue weighted by atomic mass is 35.5. The molecule has 8 heteroatoms. The standard InChI is InChI=1S/C21H14Cl2N2O3S/c1-25(15-2-4-16(26)5-3-15)21-24-20(27)19(29-21)11-17-6-7-18(28-17)12-8-13(22)10-14(23)9-12/h2-11,26H,1H3/b19-11-. The van der Waals surface area contributed by atoms with E-state index in [0.717, 1.165) is 11.3 Å². The number of aliphatic imine (C=N–C) groups is 1. The number of amidine groups is 1. The van der Waals surface area contributed by atoms with Gasteiger partial charge in [-0.1, -0.05) is 23.2 Å². The van der Waals surface area contributed by atoms with Crippen LogP contribution in [0.3, 0.4) is 0 Å². The number of rotatable bonds is 3. The molecule has 0 atom stereocenters. The zero-order chi connectivity index (χ0) is 20.5. The molecule has 0 spiro atoms. The van der Waals surface area contributed by atoms with Crippen LogP contribution in [0.25, 0.3) is 17.4 Å². The monoisotopic (exact) mass is 444 g/mol. The van der Waals surface area contributed by atoms with E-state index in [1.54, 1.807) is 65.6 Å². The van der Waals surface area contributed by atoms with Crippen molar-refractivity contribution in [1.82, 2.24) is 0 Å². The molecule has 2 aromatic carbocycles. The van der Waals surface area contributed by atoms with Crippen LogP contribution in [0.15, 0.2) is 68.9 Å². The first kappa shape index (κ1) is 19.6. The van der Waals surface area contributed by atoms with Gasteiger partial charge in [0.15, 0.2) is 5.17 Å². The third kappa shape index (κ3) is 4.34. The molecule has 0 radical (unpaired) electrons. The summed E-state index contributed by atoms with van der Waals surface area (Å²) in [6, 6.07) is 15.4. The number of anilines is 1. The van der Waals surface area contributed by atoms with Crippen LogP contribution in [-0.4, -0.2) is 23.2 Å². The molecule has 146 valence electrons. The highest BCUT2D eigenvalue weighted by molar-refractivity contribution is 8.18. The van der Waals surface area contributed by atoms with Crippen molar-refractivity contribution in [1.29, 1.82) is 0 Å². The molecule has 3 aromatic rings. The maximum atomic E-state index is 12.3. The van der Waals surface area contributed by atoms with Crippen LogP contribution in [0.5, 0.6) is 5.75 Å². The van der Waals surface area contributed by atoms with Crippen molar-refractivity contribution in [3.05, 3.63) is 75.3 Å². The Labute approximate surface area is 181 Å². The van der Waals surface area contributed by atoms with E-state index in [0.29, 0.717) is 31.6 Å². The second kappa shape index (κ2) is 7.99. The smallest absolute Gasteiger partial charge is 0.286 e. The SMILES string of the molecule is CN(C1=NC(=O)/C(=C/c2ccc(-c3cc(Cl)cc(Cl)c3)o2)S1)c1ccc(O)cc1. The fourth-order valence-corrected chi connectivity index (χ4v) is 4.14. The zero-order valence-corrected chi connectivity index (χ0v) is 17.4. The third-order valence-corrected chi connectivity index (χ3v) is 5.68. The first-order valence-corrected chi connectivity index (χ1v) is 10.1. The van der Waals surface area contributed by atoms with Gasteiger partial charge in [-0.2, -0.15) is 4.99 Å². The van der Waals surface area contributed by atoms with Crippen molar-refractivity contribution in [3.63, 3.8) is 0 Å². The number of nitrogens with zero attached hydrogens (tertiary/aromatic N) is 2. The van der Waals surface area contributed by atoms with E-state index < -0.39 is 0 Å². The fourth-order valence-electron chi connectivity index (χ4n) is 2.74. The predicted molar refractivity (Wildman–Crippen MR) is 119 cm³/mol. The van der Waals surface area contributed by atoms with Crippen molar-refractivity contribution in [2.75, 3.05) is 11.9 Å². The highest BCUT2D eigenvalue weighted by Crippen LogP contribution is 2.34. The summed E-state index contributed by atoms with van der Waals surface area (Å²) in [6.07, 6.45) is 1.66. The van der Waals surface area contributed by atoms with Gasteiger partial charge >= 0.3 is 0 Å². The number of aromatic hydroxyl groups is 1. The Morgan fingerprint density at radius 2 is 1.76 bits per heavy atom. The van der Waals surface area contributed by atoms with E-state index in [-0.39, 0.29) is 11.7 Å². The molecule has 0 fully saturated rings. The molecule has 5 nitrogen and oxygen atoms in total. The summed E-state index contributed by atoms with van der Waals surface area (Å²) in [5.74, 6) is 0.962. The van der Waals surface area contributed by atoms with Gasteiger partial charge in [0, 0.05) is 34.4 Å². The van der Waals surface area contributed by atoms with E-state index in [1.807, 2.05) is 7.05 Å². The number of hydrogen-bond acceptors (Lipinski definition) is 5. The molecule has 1 N–H and O–H groups in total. The Morgan fingerprint density at radius 3 is 2.45 bits per heavy atom. The van der Waals surface area contributed by atoms with E-state index in [4.69, 9.17) is 27.6 Å². The van der Waals surface area contributed by atoms with E-state index in [9.17, 15) is 9.90 Å². The number of hydrogen-bond donors (Lipinski definition) is 1. The third-order valence-electron chi connectivity index (χ3n) is 4.18. The summed E-state index contributed by atoms with van der Waals surface area (Å²) in [5.41, 5.74) is 1.56. The van der Waals surface area contributed by atoms with Crippen LogP contribution in [0, 0.1) is 0 Å². The lowest BCUT2D eigenvalue weighted by atomic mass is 10.2. The number of amides is 1. The average molecular weight is 445 g/mol. The Bertz CT molecular complexity index is 1130. The van der Waals surface area contributed by atoms with Crippen LogP contribution >= 0.6 is 35.0 Å². The Hall–Kier alpha value is -2.67. The summed E-state index contributed by atoms with van der Waals surface area (Å²) in [5, 5.41) is 11.0. The molecule has 0 unspecified atom stereocenters. The summed E-state index contributed by atoms with van der Waals surface area (Å²) < 4.78 is 5.83. The van der Waals surface area contributed by atoms with Crippen LogP contribution in [0.4, 0.5) is 5.69 Å². The van der Waals surface area contributed by atoms with Gasteiger partial charge < -0.3 is 14.4 Å². The number of phenolic OH excluding ortho intramolecular Hbond substituents is 1. The molecule has 29 heavy (non-hydrogen) atoms. The number of furan rings is 1. The second-order valence-corrected chi connectivity index (χ2v) is 8.13.